The average molecular weight is 368 g/mol. The molecule has 1 aliphatic heterocycles. The summed E-state index contributed by atoms with van der Waals surface area (Å²) in [5.41, 5.74) is 1.33. The molecule has 1 aliphatic carbocycles. The number of pyridine rings is 1. The highest BCUT2D eigenvalue weighted by molar-refractivity contribution is 6.10. The van der Waals surface area contributed by atoms with Crippen molar-refractivity contribution >= 4 is 17.7 Å². The molecule has 7 heteroatoms. The van der Waals surface area contributed by atoms with E-state index in [1.165, 1.54) is 4.90 Å². The van der Waals surface area contributed by atoms with Gasteiger partial charge in [-0.25, -0.2) is 0 Å². The summed E-state index contributed by atoms with van der Waals surface area (Å²) in [7, 11) is 0. The second-order valence-electron chi connectivity index (χ2n) is 7.12. The molecule has 0 bridgehead atoms. The number of rotatable bonds is 3. The van der Waals surface area contributed by atoms with Gasteiger partial charge >= 0.3 is 5.97 Å². The number of carboxylic acid groups (broad SMARTS) is 1. The van der Waals surface area contributed by atoms with Crippen LogP contribution in [0.15, 0.2) is 28.8 Å². The van der Waals surface area contributed by atoms with Crippen LogP contribution in [-0.2, 0) is 11.2 Å². The van der Waals surface area contributed by atoms with Crippen LogP contribution in [0.25, 0.3) is 0 Å². The first-order valence-corrected chi connectivity index (χ1v) is 9.06. The van der Waals surface area contributed by atoms with Crippen LogP contribution in [0.2, 0.25) is 0 Å². The molecule has 1 saturated heterocycles. The molecule has 1 amide bonds. The van der Waals surface area contributed by atoms with Crippen LogP contribution in [-0.4, -0.2) is 45.7 Å². The van der Waals surface area contributed by atoms with Crippen molar-refractivity contribution in [3.05, 3.63) is 52.7 Å². The maximum atomic E-state index is 13.2. The van der Waals surface area contributed by atoms with E-state index in [0.717, 1.165) is 6.42 Å². The van der Waals surface area contributed by atoms with Crippen LogP contribution >= 0.6 is 0 Å². The smallest absolute Gasteiger partial charge is 0.309 e. The highest BCUT2D eigenvalue weighted by Gasteiger charge is 2.43. The number of aromatic nitrogens is 1. The molecule has 7 nitrogen and oxygen atoms in total. The molecule has 27 heavy (non-hydrogen) atoms. The molecule has 2 atom stereocenters. The first kappa shape index (κ1) is 17.5. The molecule has 0 spiro atoms. The predicted octanol–water partition coefficient (Wildman–Crippen LogP) is 2.44. The zero-order valence-electron chi connectivity index (χ0n) is 15.0. The van der Waals surface area contributed by atoms with Crippen LogP contribution < -0.4 is 0 Å². The van der Waals surface area contributed by atoms with Crippen molar-refractivity contribution in [1.82, 2.24) is 9.88 Å². The van der Waals surface area contributed by atoms with Gasteiger partial charge in [0.2, 0.25) is 0 Å². The van der Waals surface area contributed by atoms with Gasteiger partial charge in [0.05, 0.1) is 17.0 Å². The molecule has 1 fully saturated rings. The summed E-state index contributed by atoms with van der Waals surface area (Å²) in [5.74, 6) is -1.49. The van der Waals surface area contributed by atoms with E-state index in [0.29, 0.717) is 41.2 Å². The van der Waals surface area contributed by atoms with E-state index in [1.54, 1.807) is 31.3 Å². The van der Waals surface area contributed by atoms with Gasteiger partial charge in [0, 0.05) is 43.7 Å². The van der Waals surface area contributed by atoms with Gasteiger partial charge in [0.25, 0.3) is 5.91 Å². The zero-order chi connectivity index (χ0) is 19.1. The van der Waals surface area contributed by atoms with Crippen molar-refractivity contribution in [2.75, 3.05) is 13.1 Å². The largest absolute Gasteiger partial charge is 0.481 e. The van der Waals surface area contributed by atoms with Crippen LogP contribution in [0, 0.1) is 12.8 Å². The summed E-state index contributed by atoms with van der Waals surface area (Å²) < 4.78 is 5.68. The van der Waals surface area contributed by atoms with Gasteiger partial charge in [0.15, 0.2) is 5.78 Å². The van der Waals surface area contributed by atoms with E-state index in [9.17, 15) is 19.5 Å². The lowest BCUT2D eigenvalue weighted by molar-refractivity contribution is -0.141. The Bertz CT molecular complexity index is 918. The van der Waals surface area contributed by atoms with Gasteiger partial charge in [-0.3, -0.25) is 19.4 Å². The van der Waals surface area contributed by atoms with Crippen molar-refractivity contribution in [2.24, 2.45) is 5.92 Å². The topological polar surface area (TPSA) is 101 Å². The van der Waals surface area contributed by atoms with Gasteiger partial charge < -0.3 is 14.4 Å². The standard InChI is InChI=1S/C20H20N2O5/c1-11-17(18-15(23)6-4-7-16(18)27-11)19(24)22-9-12(13(10-22)20(25)26)14-5-2-3-8-21-14/h2-3,5,8,12-13H,4,6-7,9-10H2,1H3,(H,25,26)/t12-,13-/m1/s1. The summed E-state index contributed by atoms with van der Waals surface area (Å²) in [4.78, 5) is 43.1. The first-order valence-electron chi connectivity index (χ1n) is 9.06. The zero-order valence-corrected chi connectivity index (χ0v) is 15.0. The number of Topliss-reactive ketones (excluding diaryl/α,β-unsaturated/α-hetero) is 1. The number of nitrogens with zero attached hydrogens (tertiary/aromatic N) is 2. The van der Waals surface area contributed by atoms with Crippen molar-refractivity contribution in [2.45, 2.75) is 32.1 Å². The maximum absolute atomic E-state index is 13.2. The Morgan fingerprint density at radius 1 is 1.26 bits per heavy atom. The monoisotopic (exact) mass is 368 g/mol. The minimum absolute atomic E-state index is 0.0771. The third-order valence-corrected chi connectivity index (χ3v) is 5.45. The number of furan rings is 1. The Labute approximate surface area is 156 Å². The number of carboxylic acids is 1. The van der Waals surface area contributed by atoms with Crippen molar-refractivity contribution in [3.8, 4) is 0 Å². The Morgan fingerprint density at radius 2 is 2.07 bits per heavy atom. The number of carbonyl (C=O) groups is 3. The Morgan fingerprint density at radius 3 is 2.78 bits per heavy atom. The van der Waals surface area contributed by atoms with Gasteiger partial charge in [0.1, 0.15) is 11.5 Å². The molecular formula is C20H20N2O5. The Hall–Kier alpha value is -2.96. The molecule has 0 aromatic carbocycles. The fourth-order valence-electron chi connectivity index (χ4n) is 4.14. The quantitative estimate of drug-likeness (QED) is 0.893. The third kappa shape index (κ3) is 2.93. The van der Waals surface area contributed by atoms with Gasteiger partial charge in [-0.05, 0) is 25.5 Å². The number of aliphatic carboxylic acids is 1. The van der Waals surface area contributed by atoms with Crippen LogP contribution in [0.3, 0.4) is 0 Å². The Balaban J connectivity index is 1.67. The number of ketones is 1. The summed E-state index contributed by atoms with van der Waals surface area (Å²) in [6, 6.07) is 5.36. The summed E-state index contributed by atoms with van der Waals surface area (Å²) in [5, 5.41) is 9.63. The van der Waals surface area contributed by atoms with E-state index in [-0.39, 0.29) is 30.7 Å². The molecule has 140 valence electrons. The van der Waals surface area contributed by atoms with E-state index < -0.39 is 11.9 Å². The SMILES string of the molecule is Cc1oc2c(c1C(=O)N1C[C@@H](C(=O)O)[C@H](c3ccccn3)C1)C(=O)CCC2. The fraction of sp³-hybridized carbons (Fsp3) is 0.400. The minimum Gasteiger partial charge on any atom is -0.481 e. The molecule has 1 N–H and O–H groups in total. The van der Waals surface area contributed by atoms with E-state index in [4.69, 9.17) is 4.42 Å². The van der Waals surface area contributed by atoms with Gasteiger partial charge in [-0.2, -0.15) is 0 Å². The molecule has 2 aromatic rings. The van der Waals surface area contributed by atoms with Crippen molar-refractivity contribution < 1.29 is 23.9 Å². The molecule has 0 unspecified atom stereocenters. The average Bonchev–Trinajstić information content (AvgIpc) is 3.24. The number of hydrogen-bond acceptors (Lipinski definition) is 5. The molecular weight excluding hydrogens is 348 g/mol. The van der Waals surface area contributed by atoms with Gasteiger partial charge in [-0.15, -0.1) is 0 Å². The highest BCUT2D eigenvalue weighted by Crippen LogP contribution is 2.35. The summed E-state index contributed by atoms with van der Waals surface area (Å²) in [6.45, 7) is 2.02. The lowest BCUT2D eigenvalue weighted by Gasteiger charge is -2.17. The first-order chi connectivity index (χ1) is 13.0. The van der Waals surface area contributed by atoms with E-state index in [1.807, 2.05) is 0 Å². The molecule has 2 aromatic heterocycles. The predicted molar refractivity (Wildman–Crippen MR) is 94.7 cm³/mol. The third-order valence-electron chi connectivity index (χ3n) is 5.45. The van der Waals surface area contributed by atoms with E-state index in [2.05, 4.69) is 4.98 Å². The van der Waals surface area contributed by atoms with Crippen LogP contribution in [0.5, 0.6) is 0 Å². The highest BCUT2D eigenvalue weighted by atomic mass is 16.4. The Kier molecular flexibility index (Phi) is 4.30. The summed E-state index contributed by atoms with van der Waals surface area (Å²) >= 11 is 0. The molecule has 3 heterocycles. The number of aryl methyl sites for hydroxylation is 2. The van der Waals surface area contributed by atoms with Crippen molar-refractivity contribution in [3.63, 3.8) is 0 Å². The maximum Gasteiger partial charge on any atom is 0.309 e. The fourth-order valence-corrected chi connectivity index (χ4v) is 4.14. The number of likely N-dealkylation sites (tertiary alicyclic amines) is 1. The molecule has 4 rings (SSSR count). The molecule has 2 aliphatic rings. The minimum atomic E-state index is -0.956. The van der Waals surface area contributed by atoms with Crippen molar-refractivity contribution in [1.29, 1.82) is 0 Å². The molecule has 0 radical (unpaired) electrons. The summed E-state index contributed by atoms with van der Waals surface area (Å²) in [6.07, 6.45) is 3.39. The molecule has 0 saturated carbocycles. The number of carbonyl (C=O) groups excluding carboxylic acids is 2. The second kappa shape index (κ2) is 6.64. The normalized spacial score (nSPS) is 22.0. The number of hydrogen-bond donors (Lipinski definition) is 1. The van der Waals surface area contributed by atoms with E-state index >= 15 is 0 Å². The number of fused-ring (bicyclic) bond motifs is 1. The van der Waals surface area contributed by atoms with Crippen LogP contribution in [0.4, 0.5) is 0 Å². The van der Waals surface area contributed by atoms with Gasteiger partial charge in [-0.1, -0.05) is 6.07 Å². The second-order valence-corrected chi connectivity index (χ2v) is 7.12. The van der Waals surface area contributed by atoms with Crippen LogP contribution in [0.1, 0.15) is 56.7 Å². The lowest BCUT2D eigenvalue weighted by atomic mass is 9.92. The number of amides is 1. The lowest BCUT2D eigenvalue weighted by Crippen LogP contribution is -2.31.